The third-order valence-electron chi connectivity index (χ3n) is 0.934. The molecule has 0 aliphatic heterocycles. The van der Waals surface area contributed by atoms with Gasteiger partial charge in [0.05, 0.1) is 5.03 Å². The molecule has 0 heterocycles. The first-order valence-electron chi connectivity index (χ1n) is 2.48. The molecule has 0 aromatic heterocycles. The maximum absolute atomic E-state index is 5.65. The standard InChI is InChI=1S/C6H10ClN/c1-4-6(7)5(2)8-3/h4H,1-3H3/b6-4+,8-5-. The summed E-state index contributed by atoms with van der Waals surface area (Å²) in [6.07, 6.45) is 1.82. The quantitative estimate of drug-likeness (QED) is 0.484. The number of hydrogen-bond acceptors (Lipinski definition) is 1. The van der Waals surface area contributed by atoms with Gasteiger partial charge < -0.3 is 0 Å². The zero-order chi connectivity index (χ0) is 6.57. The fourth-order valence-corrected chi connectivity index (χ4v) is 0.400. The Morgan fingerprint density at radius 3 is 2.25 bits per heavy atom. The molecule has 8 heavy (non-hydrogen) atoms. The fourth-order valence-electron chi connectivity index (χ4n) is 0.316. The Hall–Kier alpha value is -0.300. The van der Waals surface area contributed by atoms with Gasteiger partial charge in [-0.3, -0.25) is 4.99 Å². The normalized spacial score (nSPS) is 14.5. The van der Waals surface area contributed by atoms with E-state index < -0.39 is 0 Å². The molecule has 0 aliphatic carbocycles. The highest BCUT2D eigenvalue weighted by atomic mass is 35.5. The molecule has 0 atom stereocenters. The van der Waals surface area contributed by atoms with Crippen molar-refractivity contribution in [1.82, 2.24) is 0 Å². The van der Waals surface area contributed by atoms with Gasteiger partial charge in [-0.2, -0.15) is 0 Å². The van der Waals surface area contributed by atoms with Gasteiger partial charge in [-0.15, -0.1) is 0 Å². The number of aliphatic imine (C=N–C) groups is 1. The molecular formula is C6H10ClN. The van der Waals surface area contributed by atoms with Crippen molar-refractivity contribution >= 4 is 17.3 Å². The summed E-state index contributed by atoms with van der Waals surface area (Å²) >= 11 is 5.65. The van der Waals surface area contributed by atoms with E-state index in [1.807, 2.05) is 19.9 Å². The summed E-state index contributed by atoms with van der Waals surface area (Å²) in [5.74, 6) is 0. The van der Waals surface area contributed by atoms with E-state index in [-0.39, 0.29) is 0 Å². The van der Waals surface area contributed by atoms with Crippen LogP contribution in [-0.2, 0) is 0 Å². The Bertz CT molecular complexity index is 108. The van der Waals surface area contributed by atoms with Gasteiger partial charge in [-0.25, -0.2) is 0 Å². The molecule has 0 aromatic rings. The van der Waals surface area contributed by atoms with E-state index in [1.165, 1.54) is 0 Å². The zero-order valence-electron chi connectivity index (χ0n) is 5.40. The molecule has 0 aromatic carbocycles. The van der Waals surface area contributed by atoms with Crippen LogP contribution in [0.2, 0.25) is 0 Å². The van der Waals surface area contributed by atoms with E-state index >= 15 is 0 Å². The van der Waals surface area contributed by atoms with Gasteiger partial charge in [0.1, 0.15) is 0 Å². The summed E-state index contributed by atoms with van der Waals surface area (Å²) in [6, 6.07) is 0. The minimum atomic E-state index is 0.729. The van der Waals surface area contributed by atoms with Crippen LogP contribution in [0.5, 0.6) is 0 Å². The molecule has 0 amide bonds. The molecule has 0 saturated carbocycles. The van der Waals surface area contributed by atoms with Crippen LogP contribution in [0.3, 0.4) is 0 Å². The SMILES string of the molecule is C/C=C(Cl)\C(C)=N/C. The molecule has 0 saturated heterocycles. The van der Waals surface area contributed by atoms with E-state index in [9.17, 15) is 0 Å². The van der Waals surface area contributed by atoms with Gasteiger partial charge in [0.2, 0.25) is 0 Å². The molecule has 0 radical (unpaired) electrons. The van der Waals surface area contributed by atoms with Crippen molar-refractivity contribution in [2.45, 2.75) is 13.8 Å². The molecule has 0 rings (SSSR count). The average Bonchev–Trinajstić information content (AvgIpc) is 1.84. The van der Waals surface area contributed by atoms with Crippen molar-refractivity contribution in [3.8, 4) is 0 Å². The lowest BCUT2D eigenvalue weighted by Crippen LogP contribution is -1.87. The lowest BCUT2D eigenvalue weighted by Gasteiger charge is -1.91. The summed E-state index contributed by atoms with van der Waals surface area (Å²) in [6.45, 7) is 3.76. The van der Waals surface area contributed by atoms with Crippen LogP contribution < -0.4 is 0 Å². The third-order valence-corrected chi connectivity index (χ3v) is 1.43. The van der Waals surface area contributed by atoms with Crippen LogP contribution in [0.1, 0.15) is 13.8 Å². The third kappa shape index (κ3) is 2.12. The van der Waals surface area contributed by atoms with E-state index in [0.29, 0.717) is 0 Å². The van der Waals surface area contributed by atoms with Crippen molar-refractivity contribution in [3.05, 3.63) is 11.1 Å². The molecule has 1 nitrogen and oxygen atoms in total. The Morgan fingerprint density at radius 1 is 1.62 bits per heavy atom. The summed E-state index contributed by atoms with van der Waals surface area (Å²) < 4.78 is 0. The van der Waals surface area contributed by atoms with Gasteiger partial charge in [0.25, 0.3) is 0 Å². The topological polar surface area (TPSA) is 12.4 Å². The molecule has 46 valence electrons. The largest absolute Gasteiger partial charge is 0.292 e. The first-order valence-corrected chi connectivity index (χ1v) is 2.85. The Kier molecular flexibility index (Phi) is 3.53. The minimum Gasteiger partial charge on any atom is -0.292 e. The summed E-state index contributed by atoms with van der Waals surface area (Å²) in [5, 5.41) is 0.729. The summed E-state index contributed by atoms with van der Waals surface area (Å²) in [7, 11) is 1.72. The molecule has 0 unspecified atom stereocenters. The van der Waals surface area contributed by atoms with Crippen molar-refractivity contribution in [3.63, 3.8) is 0 Å². The van der Waals surface area contributed by atoms with Crippen molar-refractivity contribution in [2.75, 3.05) is 7.05 Å². The second-order valence-electron chi connectivity index (χ2n) is 1.45. The highest BCUT2D eigenvalue weighted by Gasteiger charge is 1.90. The van der Waals surface area contributed by atoms with Crippen molar-refractivity contribution < 1.29 is 0 Å². The second-order valence-corrected chi connectivity index (χ2v) is 1.85. The maximum Gasteiger partial charge on any atom is 0.0570 e. The van der Waals surface area contributed by atoms with Gasteiger partial charge in [0, 0.05) is 12.8 Å². The predicted molar refractivity (Wildman–Crippen MR) is 38.6 cm³/mol. The van der Waals surface area contributed by atoms with Crippen LogP contribution in [0.15, 0.2) is 16.1 Å². The summed E-state index contributed by atoms with van der Waals surface area (Å²) in [5.41, 5.74) is 0.883. The van der Waals surface area contributed by atoms with E-state index in [1.54, 1.807) is 7.05 Å². The van der Waals surface area contributed by atoms with Crippen LogP contribution in [0.25, 0.3) is 0 Å². The lowest BCUT2D eigenvalue weighted by molar-refractivity contribution is 1.42. The van der Waals surface area contributed by atoms with E-state index in [4.69, 9.17) is 11.6 Å². The first kappa shape index (κ1) is 7.70. The summed E-state index contributed by atoms with van der Waals surface area (Å²) in [4.78, 5) is 3.88. The smallest absolute Gasteiger partial charge is 0.0570 e. The molecule has 0 aliphatic rings. The van der Waals surface area contributed by atoms with Gasteiger partial charge in [0.15, 0.2) is 0 Å². The Morgan fingerprint density at radius 2 is 2.12 bits per heavy atom. The van der Waals surface area contributed by atoms with Crippen LogP contribution in [0, 0.1) is 0 Å². The Labute approximate surface area is 55.1 Å². The first-order chi connectivity index (χ1) is 3.72. The number of halogens is 1. The number of hydrogen-bond donors (Lipinski definition) is 0. The number of allylic oxidation sites excluding steroid dienone is 2. The average molecular weight is 132 g/mol. The molecule has 0 bridgehead atoms. The van der Waals surface area contributed by atoms with Crippen LogP contribution in [0.4, 0.5) is 0 Å². The van der Waals surface area contributed by atoms with Gasteiger partial charge >= 0.3 is 0 Å². The highest BCUT2D eigenvalue weighted by Crippen LogP contribution is 2.01. The van der Waals surface area contributed by atoms with Crippen LogP contribution >= 0.6 is 11.6 Å². The fraction of sp³-hybridized carbons (Fsp3) is 0.500. The van der Waals surface area contributed by atoms with E-state index in [2.05, 4.69) is 4.99 Å². The minimum absolute atomic E-state index is 0.729. The van der Waals surface area contributed by atoms with Gasteiger partial charge in [-0.1, -0.05) is 17.7 Å². The molecule has 0 N–H and O–H groups in total. The molecule has 2 heteroatoms. The molecule has 0 spiro atoms. The van der Waals surface area contributed by atoms with Gasteiger partial charge in [-0.05, 0) is 13.8 Å². The molecular weight excluding hydrogens is 122 g/mol. The Balaban J connectivity index is 4.04. The maximum atomic E-state index is 5.65. The number of nitrogens with zero attached hydrogens (tertiary/aromatic N) is 1. The van der Waals surface area contributed by atoms with E-state index in [0.717, 1.165) is 10.7 Å². The lowest BCUT2D eigenvalue weighted by atomic mass is 10.4. The zero-order valence-corrected chi connectivity index (χ0v) is 6.16. The number of rotatable bonds is 1. The second kappa shape index (κ2) is 3.67. The van der Waals surface area contributed by atoms with Crippen molar-refractivity contribution in [1.29, 1.82) is 0 Å². The molecule has 0 fully saturated rings. The van der Waals surface area contributed by atoms with Crippen molar-refractivity contribution in [2.24, 2.45) is 4.99 Å². The monoisotopic (exact) mass is 131 g/mol. The highest BCUT2D eigenvalue weighted by molar-refractivity contribution is 6.43. The van der Waals surface area contributed by atoms with Crippen LogP contribution in [-0.4, -0.2) is 12.8 Å². The predicted octanol–water partition coefficient (Wildman–Crippen LogP) is 2.22.